The third-order valence-corrected chi connectivity index (χ3v) is 14.4. The van der Waals surface area contributed by atoms with Crippen molar-refractivity contribution < 1.29 is 32.7 Å². The van der Waals surface area contributed by atoms with Gasteiger partial charge in [0.05, 0.1) is 26.7 Å². The molecule has 4 unspecified atom stereocenters. The number of benzene rings is 3. The number of ether oxygens (including phenoxy) is 1. The number of nitrogens with one attached hydrogen (secondary N) is 2. The molecule has 3 aliphatic rings. The number of fused-ring (bicyclic) bond motifs is 2. The molecule has 410 valence electrons. The summed E-state index contributed by atoms with van der Waals surface area (Å²) in [6, 6.07) is 24.3. The molecule has 0 radical (unpaired) electrons. The highest BCUT2D eigenvalue weighted by Crippen LogP contribution is 2.40. The van der Waals surface area contributed by atoms with Crippen LogP contribution in [0.3, 0.4) is 0 Å². The molecule has 4 amide bonds. The number of carbonyl (C=O) groups excluding carboxylic acids is 4. The van der Waals surface area contributed by atoms with E-state index in [9.17, 15) is 19.2 Å². The molecule has 6 aromatic heterocycles. The van der Waals surface area contributed by atoms with Gasteiger partial charge in [-0.2, -0.15) is 9.59 Å². The topological polar surface area (TPSA) is 280 Å². The number of hydrogen-bond acceptors (Lipinski definition) is 19. The lowest BCUT2D eigenvalue weighted by atomic mass is 10.0. The summed E-state index contributed by atoms with van der Waals surface area (Å²) < 4.78 is 17.5. The molecule has 1 aliphatic carbocycles. The minimum atomic E-state index is -0.449. The molecule has 1 saturated carbocycles. The highest BCUT2D eigenvalue weighted by atomic mass is 16.5. The SMILES string of the molecule is COc1ccc(C(c2nnn(CC3CC3C#CC(c3nnn(C)n3)N3CCN(C(=O)c4cc(-c5nc6cc(NC(C)=O)ccc6o5)ccn4)CC3)n2)N2CCN(C(=O)c3cc(-c4nc5cc(NC(C)=O)ccc5o4)ccn3)CC2)cc1. The van der Waals surface area contributed by atoms with E-state index in [1.165, 1.54) is 18.6 Å². The second kappa shape index (κ2) is 22.1. The van der Waals surface area contributed by atoms with Crippen LogP contribution in [0, 0.1) is 23.7 Å². The number of rotatable bonds is 14. The number of carbonyl (C=O) groups is 4. The minimum absolute atomic E-state index is 0.0814. The normalized spacial score (nSPS) is 17.3. The van der Waals surface area contributed by atoms with Crippen molar-refractivity contribution in [2.24, 2.45) is 18.9 Å². The smallest absolute Gasteiger partial charge is 0.272 e. The summed E-state index contributed by atoms with van der Waals surface area (Å²) in [4.78, 5) is 80.2. The fourth-order valence-corrected chi connectivity index (χ4v) is 10.2. The summed E-state index contributed by atoms with van der Waals surface area (Å²) in [5, 5.41) is 32.6. The van der Waals surface area contributed by atoms with E-state index >= 15 is 0 Å². The van der Waals surface area contributed by atoms with Crippen LogP contribution in [0.5, 0.6) is 5.75 Å². The molecular formula is C56H54N18O7. The number of aryl methyl sites for hydroxylation is 1. The van der Waals surface area contributed by atoms with Crippen LogP contribution < -0.4 is 15.4 Å². The van der Waals surface area contributed by atoms with Gasteiger partial charge < -0.3 is 34.0 Å². The van der Waals surface area contributed by atoms with Crippen LogP contribution in [-0.4, -0.2) is 163 Å². The number of methoxy groups -OCH3 is 1. The van der Waals surface area contributed by atoms with Crippen molar-refractivity contribution in [2.45, 2.75) is 38.9 Å². The van der Waals surface area contributed by atoms with E-state index in [1.807, 2.05) is 24.3 Å². The van der Waals surface area contributed by atoms with E-state index in [0.29, 0.717) is 127 Å². The van der Waals surface area contributed by atoms with E-state index in [-0.39, 0.29) is 52.9 Å². The lowest BCUT2D eigenvalue weighted by molar-refractivity contribution is -0.115. The van der Waals surface area contributed by atoms with Crippen LogP contribution in [0.1, 0.15) is 70.5 Å². The minimum Gasteiger partial charge on any atom is -0.497 e. The van der Waals surface area contributed by atoms with Gasteiger partial charge in [0, 0.05) is 107 Å². The van der Waals surface area contributed by atoms with Gasteiger partial charge in [0.15, 0.2) is 17.0 Å². The number of piperazine rings is 2. The van der Waals surface area contributed by atoms with Gasteiger partial charge in [-0.1, -0.05) is 24.0 Å². The Morgan fingerprint density at radius 1 is 0.667 bits per heavy atom. The molecule has 2 aliphatic heterocycles. The number of amides is 4. The van der Waals surface area contributed by atoms with Gasteiger partial charge in [-0.25, -0.2) is 9.97 Å². The summed E-state index contributed by atoms with van der Waals surface area (Å²) in [6.07, 6.45) is 3.99. The maximum atomic E-state index is 14.0. The summed E-state index contributed by atoms with van der Waals surface area (Å²) in [5.41, 5.74) is 6.15. The average Bonchev–Trinajstić information content (AvgIpc) is 4.13. The van der Waals surface area contributed by atoms with Crippen molar-refractivity contribution in [1.29, 1.82) is 0 Å². The molecule has 81 heavy (non-hydrogen) atoms. The third kappa shape index (κ3) is 11.4. The number of oxazole rings is 2. The number of hydrogen-bond donors (Lipinski definition) is 2. The van der Waals surface area contributed by atoms with Crippen molar-refractivity contribution in [3.05, 3.63) is 126 Å². The quantitative estimate of drug-likeness (QED) is 0.137. The fraction of sp³-hybridized carbons (Fsp3) is 0.321. The first-order valence-corrected chi connectivity index (χ1v) is 26.4. The monoisotopic (exact) mass is 1090 g/mol. The van der Waals surface area contributed by atoms with E-state index in [0.717, 1.165) is 17.7 Å². The summed E-state index contributed by atoms with van der Waals surface area (Å²) >= 11 is 0. The maximum Gasteiger partial charge on any atom is 0.272 e. The van der Waals surface area contributed by atoms with Gasteiger partial charge in [0.2, 0.25) is 29.4 Å². The van der Waals surface area contributed by atoms with Crippen LogP contribution in [0.15, 0.2) is 106 Å². The van der Waals surface area contributed by atoms with Gasteiger partial charge in [-0.05, 0) is 101 Å². The Balaban J connectivity index is 0.680. The van der Waals surface area contributed by atoms with Crippen molar-refractivity contribution in [3.63, 3.8) is 0 Å². The molecule has 8 heterocycles. The van der Waals surface area contributed by atoms with Crippen LogP contribution in [0.4, 0.5) is 11.4 Å². The van der Waals surface area contributed by atoms with Crippen molar-refractivity contribution >= 4 is 57.2 Å². The first-order chi connectivity index (χ1) is 39.4. The second-order valence-corrected chi connectivity index (χ2v) is 20.1. The number of nitrogens with zero attached hydrogens (tertiary/aromatic N) is 16. The molecule has 3 fully saturated rings. The average molecular weight is 1090 g/mol. The van der Waals surface area contributed by atoms with E-state index < -0.39 is 6.04 Å². The summed E-state index contributed by atoms with van der Waals surface area (Å²) in [7, 11) is 3.35. The molecule has 25 nitrogen and oxygen atoms in total. The Labute approximate surface area is 462 Å². The number of aromatic nitrogens is 12. The Morgan fingerprint density at radius 2 is 1.22 bits per heavy atom. The molecule has 3 aromatic carbocycles. The lowest BCUT2D eigenvalue weighted by Crippen LogP contribution is -2.50. The van der Waals surface area contributed by atoms with E-state index in [1.54, 1.807) is 102 Å². The number of tetrazole rings is 2. The Hall–Kier alpha value is -9.80. The zero-order chi connectivity index (χ0) is 55.7. The van der Waals surface area contributed by atoms with Crippen molar-refractivity contribution in [1.82, 2.24) is 80.0 Å². The van der Waals surface area contributed by atoms with Crippen LogP contribution in [-0.2, 0) is 23.2 Å². The predicted octanol–water partition coefficient (Wildman–Crippen LogP) is 4.91. The van der Waals surface area contributed by atoms with Crippen LogP contribution in [0.25, 0.3) is 45.1 Å². The third-order valence-electron chi connectivity index (χ3n) is 14.4. The van der Waals surface area contributed by atoms with Gasteiger partial charge in [-0.3, -0.25) is 38.9 Å². The molecule has 2 N–H and O–H groups in total. The van der Waals surface area contributed by atoms with E-state index in [2.05, 4.69) is 77.9 Å². The van der Waals surface area contributed by atoms with E-state index in [4.69, 9.17) is 18.7 Å². The van der Waals surface area contributed by atoms with Crippen LogP contribution in [0.2, 0.25) is 0 Å². The van der Waals surface area contributed by atoms with Gasteiger partial charge >= 0.3 is 0 Å². The van der Waals surface area contributed by atoms with Crippen LogP contribution >= 0.6 is 0 Å². The molecule has 0 spiro atoms. The molecule has 4 atom stereocenters. The highest BCUT2D eigenvalue weighted by Gasteiger charge is 2.39. The molecule has 2 saturated heterocycles. The molecular weight excluding hydrogens is 1040 g/mol. The highest BCUT2D eigenvalue weighted by molar-refractivity contribution is 5.95. The van der Waals surface area contributed by atoms with Gasteiger partial charge in [0.1, 0.15) is 34.2 Å². The summed E-state index contributed by atoms with van der Waals surface area (Å²) in [6.45, 7) is 7.22. The Morgan fingerprint density at radius 3 is 1.75 bits per heavy atom. The van der Waals surface area contributed by atoms with Gasteiger partial charge in [0.25, 0.3) is 11.8 Å². The molecule has 25 heteroatoms. The number of pyridine rings is 2. The maximum absolute atomic E-state index is 14.0. The van der Waals surface area contributed by atoms with Crippen molar-refractivity contribution in [3.8, 4) is 40.5 Å². The largest absolute Gasteiger partial charge is 0.497 e. The lowest BCUT2D eigenvalue weighted by Gasteiger charge is -2.38. The second-order valence-electron chi connectivity index (χ2n) is 20.1. The predicted molar refractivity (Wildman–Crippen MR) is 292 cm³/mol. The van der Waals surface area contributed by atoms with Gasteiger partial charge in [-0.15, -0.1) is 20.4 Å². The standard InChI is InChI=1S/C56H54N18O7/c1-33(75)59-40-8-13-48-43(30-40)61-53(80-48)37-15-17-57-45(28-37)55(77)72-23-19-70(20-24-72)47(51-63-67-69(3)65-51)12-7-36-27-39(36)32-74-66-52(64-68-74)50(35-5-10-42(79-4)11-6-35)71-21-25-73(26-22-71)56(78)46-29-38(16-18-58-46)54-62-44-31-41(60-34(2)76)9-14-49(44)81-54/h5-6,8-11,13-18,28-31,36,39,47,50H,19-27,32H2,1-4H3,(H,59,75)(H,60,76). The first kappa shape index (κ1) is 51.9. The zero-order valence-corrected chi connectivity index (χ0v) is 44.6. The fourth-order valence-electron chi connectivity index (χ4n) is 10.2. The van der Waals surface area contributed by atoms with Crippen molar-refractivity contribution in [2.75, 3.05) is 70.1 Å². The summed E-state index contributed by atoms with van der Waals surface area (Å²) in [5.74, 6) is 8.86. The number of anilines is 2. The molecule has 0 bridgehead atoms. The zero-order valence-electron chi connectivity index (χ0n) is 44.6. The molecule has 9 aromatic rings. The Bertz CT molecular complexity index is 3900. The molecule has 12 rings (SSSR count). The Kier molecular flexibility index (Phi) is 14.2. The first-order valence-electron chi connectivity index (χ1n) is 26.4.